The quantitative estimate of drug-likeness (QED) is 0.743. The Morgan fingerprint density at radius 3 is 2.74 bits per heavy atom. The summed E-state index contributed by atoms with van der Waals surface area (Å²) in [6, 6.07) is 7.46. The van der Waals surface area contributed by atoms with Crippen LogP contribution in [-0.4, -0.2) is 22.4 Å². The lowest BCUT2D eigenvalue weighted by Crippen LogP contribution is -2.23. The van der Waals surface area contributed by atoms with Crippen LogP contribution >= 0.6 is 0 Å². The van der Waals surface area contributed by atoms with Crippen LogP contribution in [-0.2, 0) is 6.54 Å². The summed E-state index contributed by atoms with van der Waals surface area (Å²) >= 11 is 0. The second kappa shape index (κ2) is 6.58. The number of H-pyrrole nitrogens is 1. The van der Waals surface area contributed by atoms with E-state index in [9.17, 15) is 4.79 Å². The third kappa shape index (κ3) is 3.84. The smallest absolute Gasteiger partial charge is 0.251 e. The lowest BCUT2D eigenvalue weighted by atomic mass is 10.2. The maximum absolute atomic E-state index is 11.9. The molecule has 0 unspecified atom stereocenters. The highest BCUT2D eigenvalue weighted by atomic mass is 16.1. The Balaban J connectivity index is 1.88. The van der Waals surface area contributed by atoms with Crippen LogP contribution in [0.3, 0.4) is 0 Å². The van der Waals surface area contributed by atoms with Gasteiger partial charge in [0.1, 0.15) is 5.82 Å². The van der Waals surface area contributed by atoms with Crippen LogP contribution in [0.1, 0.15) is 29.5 Å². The van der Waals surface area contributed by atoms with Crippen LogP contribution in [0.15, 0.2) is 36.7 Å². The van der Waals surface area contributed by atoms with E-state index in [4.69, 9.17) is 0 Å². The zero-order valence-electron chi connectivity index (χ0n) is 10.9. The predicted molar refractivity (Wildman–Crippen MR) is 75.0 cm³/mol. The third-order valence-corrected chi connectivity index (χ3v) is 2.70. The molecule has 0 saturated carbocycles. The number of carbonyl (C=O) groups excluding carboxylic acids is 1. The normalized spacial score (nSPS) is 10.2. The van der Waals surface area contributed by atoms with Gasteiger partial charge in [0.25, 0.3) is 5.91 Å². The van der Waals surface area contributed by atoms with Crippen LogP contribution in [0.5, 0.6) is 0 Å². The number of amides is 1. The highest BCUT2D eigenvalue weighted by Crippen LogP contribution is 2.09. The van der Waals surface area contributed by atoms with E-state index in [0.29, 0.717) is 12.1 Å². The van der Waals surface area contributed by atoms with Crippen molar-refractivity contribution in [2.45, 2.75) is 19.9 Å². The van der Waals surface area contributed by atoms with Crippen LogP contribution in [0.2, 0.25) is 0 Å². The summed E-state index contributed by atoms with van der Waals surface area (Å²) in [7, 11) is 0. The number of carbonyl (C=O) groups is 1. The fourth-order valence-corrected chi connectivity index (χ4v) is 1.67. The molecule has 0 fully saturated rings. The lowest BCUT2D eigenvalue weighted by Gasteiger charge is -2.06. The van der Waals surface area contributed by atoms with Gasteiger partial charge in [0.05, 0.1) is 6.54 Å². The molecule has 1 aromatic heterocycles. The first-order valence-corrected chi connectivity index (χ1v) is 6.40. The van der Waals surface area contributed by atoms with Gasteiger partial charge in [-0.15, -0.1) is 0 Å². The Hall–Kier alpha value is -2.30. The summed E-state index contributed by atoms with van der Waals surface area (Å²) < 4.78 is 0. The van der Waals surface area contributed by atoms with Crippen molar-refractivity contribution in [3.05, 3.63) is 48.0 Å². The Kier molecular flexibility index (Phi) is 4.55. The van der Waals surface area contributed by atoms with Crippen LogP contribution in [0.4, 0.5) is 5.69 Å². The van der Waals surface area contributed by atoms with Gasteiger partial charge < -0.3 is 15.6 Å². The fourth-order valence-electron chi connectivity index (χ4n) is 1.67. The Morgan fingerprint density at radius 2 is 2.11 bits per heavy atom. The molecule has 19 heavy (non-hydrogen) atoms. The van der Waals surface area contributed by atoms with E-state index < -0.39 is 0 Å². The molecule has 2 rings (SSSR count). The summed E-state index contributed by atoms with van der Waals surface area (Å²) in [5.74, 6) is 0.646. The third-order valence-electron chi connectivity index (χ3n) is 2.70. The summed E-state index contributed by atoms with van der Waals surface area (Å²) in [5, 5.41) is 6.08. The van der Waals surface area contributed by atoms with Crippen molar-refractivity contribution < 1.29 is 4.79 Å². The molecule has 0 aliphatic carbocycles. The Bertz CT molecular complexity index is 505. The molecule has 5 heteroatoms. The van der Waals surface area contributed by atoms with Crippen molar-refractivity contribution in [2.75, 3.05) is 11.9 Å². The van der Waals surface area contributed by atoms with Crippen LogP contribution in [0, 0.1) is 0 Å². The van der Waals surface area contributed by atoms with E-state index in [1.54, 1.807) is 12.4 Å². The van der Waals surface area contributed by atoms with Gasteiger partial charge in [-0.2, -0.15) is 0 Å². The lowest BCUT2D eigenvalue weighted by molar-refractivity contribution is 0.0950. The monoisotopic (exact) mass is 258 g/mol. The van der Waals surface area contributed by atoms with E-state index in [0.717, 1.165) is 24.5 Å². The molecule has 0 aliphatic heterocycles. The number of aromatic nitrogens is 2. The second-order valence-electron chi connectivity index (χ2n) is 4.22. The van der Waals surface area contributed by atoms with Gasteiger partial charge in [-0.1, -0.05) is 6.92 Å². The first-order valence-electron chi connectivity index (χ1n) is 6.40. The highest BCUT2D eigenvalue weighted by molar-refractivity contribution is 5.94. The SMILES string of the molecule is CCCNc1ccc(C(=O)NCc2ncc[nH]2)cc1. The van der Waals surface area contributed by atoms with Gasteiger partial charge in [-0.05, 0) is 30.7 Å². The molecule has 1 heterocycles. The predicted octanol–water partition coefficient (Wildman–Crippen LogP) is 2.16. The second-order valence-corrected chi connectivity index (χ2v) is 4.22. The standard InChI is InChI=1S/C14H18N4O/c1-2-7-15-12-5-3-11(4-6-12)14(19)18-10-13-16-8-9-17-13/h3-6,8-9,15H,2,7,10H2,1H3,(H,16,17)(H,18,19). The highest BCUT2D eigenvalue weighted by Gasteiger charge is 2.05. The molecule has 0 bridgehead atoms. The largest absolute Gasteiger partial charge is 0.385 e. The molecule has 0 aliphatic rings. The molecule has 0 saturated heterocycles. The molecule has 0 spiro atoms. The summed E-state index contributed by atoms with van der Waals surface area (Å²) in [6.45, 7) is 3.45. The molecule has 5 nitrogen and oxygen atoms in total. The number of anilines is 1. The van der Waals surface area contributed by atoms with E-state index in [1.165, 1.54) is 0 Å². The summed E-state index contributed by atoms with van der Waals surface area (Å²) in [4.78, 5) is 18.9. The van der Waals surface area contributed by atoms with Crippen molar-refractivity contribution in [3.63, 3.8) is 0 Å². The van der Waals surface area contributed by atoms with Crippen molar-refractivity contribution in [1.82, 2.24) is 15.3 Å². The van der Waals surface area contributed by atoms with Crippen molar-refractivity contribution in [1.29, 1.82) is 0 Å². The molecule has 0 radical (unpaired) electrons. The minimum absolute atomic E-state index is 0.0987. The van der Waals surface area contributed by atoms with E-state index in [-0.39, 0.29) is 5.91 Å². The molecular weight excluding hydrogens is 240 g/mol. The fraction of sp³-hybridized carbons (Fsp3) is 0.286. The number of benzene rings is 1. The molecule has 0 atom stereocenters. The number of rotatable bonds is 6. The van der Waals surface area contributed by atoms with E-state index >= 15 is 0 Å². The minimum Gasteiger partial charge on any atom is -0.385 e. The van der Waals surface area contributed by atoms with Gasteiger partial charge >= 0.3 is 0 Å². The van der Waals surface area contributed by atoms with Gasteiger partial charge in [0.15, 0.2) is 0 Å². The Labute approximate surface area is 112 Å². The zero-order chi connectivity index (χ0) is 13.5. The first-order chi connectivity index (χ1) is 9.29. The molecule has 3 N–H and O–H groups in total. The van der Waals surface area contributed by atoms with Gasteiger partial charge in [-0.25, -0.2) is 4.98 Å². The summed E-state index contributed by atoms with van der Waals surface area (Å²) in [5.41, 5.74) is 1.68. The zero-order valence-corrected chi connectivity index (χ0v) is 10.9. The maximum Gasteiger partial charge on any atom is 0.251 e. The minimum atomic E-state index is -0.0987. The van der Waals surface area contributed by atoms with E-state index in [2.05, 4.69) is 27.5 Å². The number of hydrogen-bond acceptors (Lipinski definition) is 3. The van der Waals surface area contributed by atoms with Gasteiger partial charge in [-0.3, -0.25) is 4.79 Å². The number of nitrogens with zero attached hydrogens (tertiary/aromatic N) is 1. The van der Waals surface area contributed by atoms with Gasteiger partial charge in [0.2, 0.25) is 0 Å². The Morgan fingerprint density at radius 1 is 1.32 bits per heavy atom. The number of aromatic amines is 1. The van der Waals surface area contributed by atoms with Crippen LogP contribution in [0.25, 0.3) is 0 Å². The van der Waals surface area contributed by atoms with Crippen molar-refractivity contribution in [3.8, 4) is 0 Å². The number of nitrogens with one attached hydrogen (secondary N) is 3. The molecule has 2 aromatic rings. The first kappa shape index (κ1) is 13.1. The van der Waals surface area contributed by atoms with Gasteiger partial charge in [0, 0.05) is 30.2 Å². The van der Waals surface area contributed by atoms with E-state index in [1.807, 2.05) is 24.3 Å². The summed E-state index contributed by atoms with van der Waals surface area (Å²) in [6.07, 6.45) is 4.47. The average Bonchev–Trinajstić information content (AvgIpc) is 2.96. The molecule has 1 amide bonds. The average molecular weight is 258 g/mol. The molecule has 1 aromatic carbocycles. The number of hydrogen-bond donors (Lipinski definition) is 3. The van der Waals surface area contributed by atoms with Crippen LogP contribution < -0.4 is 10.6 Å². The van der Waals surface area contributed by atoms with Crippen molar-refractivity contribution >= 4 is 11.6 Å². The molecular formula is C14H18N4O. The maximum atomic E-state index is 11.9. The number of imidazole rings is 1. The molecule has 100 valence electrons. The topological polar surface area (TPSA) is 69.8 Å². The van der Waals surface area contributed by atoms with Crippen molar-refractivity contribution in [2.24, 2.45) is 0 Å².